The third kappa shape index (κ3) is 63.4. The summed E-state index contributed by atoms with van der Waals surface area (Å²) in [7, 11) is 0. The molecule has 0 aromatic rings. The minimum absolute atomic E-state index is 0.00876. The van der Waals surface area contributed by atoms with Gasteiger partial charge in [0.2, 0.25) is 35.4 Å². The van der Waals surface area contributed by atoms with Crippen molar-refractivity contribution in [3.63, 3.8) is 0 Å². The highest BCUT2D eigenvalue weighted by Crippen LogP contribution is 2.22. The van der Waals surface area contributed by atoms with Crippen LogP contribution in [0.4, 0.5) is 0 Å². The van der Waals surface area contributed by atoms with E-state index in [1.165, 1.54) is 13.8 Å². The topological polar surface area (TPSA) is 325 Å². The molecule has 534 valence electrons. The van der Waals surface area contributed by atoms with Gasteiger partial charge in [0, 0.05) is 154 Å². The Labute approximate surface area is 559 Å². The zero-order valence-electron chi connectivity index (χ0n) is 58.9. The SMILES string of the molecule is CC(=O)CCCCCCC(=O)CC(CCCCNC(=O)CCCCCNC(C)=O)C(N)=O.CCC(=O)CCCCCCC(=O)C(CCCCNC(=O)C(CCCCNC(=O)CCCCCNC(C)=O)CC(=O)CCCCCCC(C)=O)CC(=O)CCCCCCC(C)=O. The highest BCUT2D eigenvalue weighted by molar-refractivity contribution is 5.89. The van der Waals surface area contributed by atoms with E-state index >= 15 is 0 Å². The average molecular weight is 1310 g/mol. The van der Waals surface area contributed by atoms with E-state index in [2.05, 4.69) is 26.6 Å². The van der Waals surface area contributed by atoms with Crippen LogP contribution in [0.1, 0.15) is 330 Å². The zero-order chi connectivity index (χ0) is 69.7. The third-order valence-corrected chi connectivity index (χ3v) is 16.7. The van der Waals surface area contributed by atoms with Crippen LogP contribution in [0, 0.1) is 17.8 Å². The highest BCUT2D eigenvalue weighted by atomic mass is 16.2. The van der Waals surface area contributed by atoms with Gasteiger partial charge in [-0.25, -0.2) is 0 Å². The van der Waals surface area contributed by atoms with Crippen molar-refractivity contribution in [1.29, 1.82) is 0 Å². The number of Topliss-reactive ketones (excluding diaryl/α,β-unsaturated/α-hetero) is 8. The van der Waals surface area contributed by atoms with Crippen LogP contribution in [0.5, 0.6) is 0 Å². The molecule has 0 saturated heterocycles. The number of carbonyl (C=O) groups excluding carboxylic acids is 14. The number of hydrogen-bond donors (Lipinski definition) is 6. The van der Waals surface area contributed by atoms with Gasteiger partial charge in [0.25, 0.3) is 0 Å². The summed E-state index contributed by atoms with van der Waals surface area (Å²) < 4.78 is 0. The Morgan fingerprint density at radius 3 is 0.925 bits per heavy atom. The predicted molar refractivity (Wildman–Crippen MR) is 367 cm³/mol. The van der Waals surface area contributed by atoms with E-state index < -0.39 is 17.7 Å². The van der Waals surface area contributed by atoms with Gasteiger partial charge in [-0.15, -0.1) is 0 Å². The summed E-state index contributed by atoms with van der Waals surface area (Å²) in [5.41, 5.74) is 5.46. The Balaban J connectivity index is 0. The molecule has 0 bridgehead atoms. The number of unbranched alkanes of at least 4 members (excludes halogenated alkanes) is 19. The second kappa shape index (κ2) is 62.3. The van der Waals surface area contributed by atoms with Crippen molar-refractivity contribution in [1.82, 2.24) is 26.6 Å². The lowest BCUT2D eigenvalue weighted by Crippen LogP contribution is -2.33. The lowest BCUT2D eigenvalue weighted by molar-refractivity contribution is -0.129. The Bertz CT molecular complexity index is 2170. The molecular formula is C73H128N6O14. The standard InChI is InChI=1S/C49H85N3O9.C24H43N3O5/c1-5-44(56)29-15-10-11-18-32-47(59)42(37-45(57)30-16-8-6-13-25-39(2)53)27-20-24-36-52-49(61)43(38-46(58)31-17-9-7-14-26-40(3)54)28-21-23-35-51-48(60)33-19-12-22-34-50-41(4)55;1-19(28)12-6-3-4-7-14-22(30)18-21(24(25)32)13-9-11-17-27-23(31)15-8-5-10-16-26-20(2)29/h42-43H,5-38H2,1-4H3,(H,50,55)(H,51,60)(H,52,61);21H,3-18H2,1-2H3,(H2,25,32)(H,26,29)(H,27,31). The maximum absolute atomic E-state index is 13.4. The van der Waals surface area contributed by atoms with Crippen LogP contribution in [0.3, 0.4) is 0 Å². The number of ketones is 8. The van der Waals surface area contributed by atoms with Gasteiger partial charge in [0.15, 0.2) is 0 Å². The Hall–Kier alpha value is -5.82. The molecule has 0 radical (unpaired) electrons. The highest BCUT2D eigenvalue weighted by Gasteiger charge is 2.24. The normalized spacial score (nSPS) is 11.8. The summed E-state index contributed by atoms with van der Waals surface area (Å²) in [6.07, 6.45) is 30.3. The van der Waals surface area contributed by atoms with Gasteiger partial charge in [-0.05, 0) is 136 Å². The molecule has 20 heteroatoms. The largest absolute Gasteiger partial charge is 0.369 e. The van der Waals surface area contributed by atoms with Gasteiger partial charge in [0.1, 0.15) is 46.3 Å². The Kier molecular flexibility index (Phi) is 59.8. The maximum Gasteiger partial charge on any atom is 0.223 e. The fourth-order valence-electron chi connectivity index (χ4n) is 10.9. The first-order valence-electron chi connectivity index (χ1n) is 36.1. The molecule has 0 spiro atoms. The summed E-state index contributed by atoms with van der Waals surface area (Å²) in [6.45, 7) is 12.3. The summed E-state index contributed by atoms with van der Waals surface area (Å²) in [5.74, 6) is -0.869. The van der Waals surface area contributed by atoms with Gasteiger partial charge in [0.05, 0.1) is 0 Å². The number of primary amides is 1. The van der Waals surface area contributed by atoms with Gasteiger partial charge < -0.3 is 46.7 Å². The van der Waals surface area contributed by atoms with E-state index in [-0.39, 0.29) is 101 Å². The van der Waals surface area contributed by atoms with Crippen molar-refractivity contribution >= 4 is 81.7 Å². The molecule has 3 unspecified atom stereocenters. The van der Waals surface area contributed by atoms with Crippen LogP contribution in [-0.2, 0) is 67.1 Å². The summed E-state index contributed by atoms with van der Waals surface area (Å²) >= 11 is 0. The second-order valence-electron chi connectivity index (χ2n) is 25.9. The Morgan fingerprint density at radius 2 is 0.559 bits per heavy atom. The van der Waals surface area contributed by atoms with Gasteiger partial charge in [-0.2, -0.15) is 0 Å². The maximum atomic E-state index is 13.4. The number of rotatable bonds is 65. The number of nitrogens with two attached hydrogens (primary N) is 1. The van der Waals surface area contributed by atoms with Crippen molar-refractivity contribution in [3.8, 4) is 0 Å². The van der Waals surface area contributed by atoms with Crippen molar-refractivity contribution in [3.05, 3.63) is 0 Å². The van der Waals surface area contributed by atoms with E-state index in [9.17, 15) is 67.1 Å². The number of nitrogens with one attached hydrogen (secondary N) is 5. The number of hydrogen-bond acceptors (Lipinski definition) is 14. The van der Waals surface area contributed by atoms with Crippen molar-refractivity contribution < 1.29 is 67.1 Å². The lowest BCUT2D eigenvalue weighted by atomic mass is 9.88. The quantitative estimate of drug-likeness (QED) is 0.0309. The average Bonchev–Trinajstić information content (AvgIpc) is 3.23. The second-order valence-corrected chi connectivity index (χ2v) is 25.9. The summed E-state index contributed by atoms with van der Waals surface area (Å²) in [4.78, 5) is 167. The van der Waals surface area contributed by atoms with Crippen LogP contribution in [0.15, 0.2) is 0 Å². The molecule has 0 rings (SSSR count). The molecule has 0 fully saturated rings. The molecule has 0 aliphatic carbocycles. The first-order valence-corrected chi connectivity index (χ1v) is 36.1. The molecular weight excluding hydrogens is 1180 g/mol. The van der Waals surface area contributed by atoms with Crippen molar-refractivity contribution in [2.24, 2.45) is 23.5 Å². The first kappa shape index (κ1) is 89.2. The number of amides is 6. The fourth-order valence-corrected chi connectivity index (χ4v) is 10.9. The third-order valence-electron chi connectivity index (χ3n) is 16.7. The van der Waals surface area contributed by atoms with Crippen LogP contribution in [0.25, 0.3) is 0 Å². The van der Waals surface area contributed by atoms with Gasteiger partial charge in [-0.3, -0.25) is 52.7 Å². The molecule has 0 aromatic heterocycles. The first-order chi connectivity index (χ1) is 44.5. The van der Waals surface area contributed by atoms with Crippen LogP contribution >= 0.6 is 0 Å². The van der Waals surface area contributed by atoms with E-state index in [0.717, 1.165) is 154 Å². The lowest BCUT2D eigenvalue weighted by Gasteiger charge is -2.18. The molecule has 0 aromatic carbocycles. The van der Waals surface area contributed by atoms with Gasteiger partial charge >= 0.3 is 0 Å². The summed E-state index contributed by atoms with van der Waals surface area (Å²) in [5, 5.41) is 14.3. The zero-order valence-corrected chi connectivity index (χ0v) is 58.9. The van der Waals surface area contributed by atoms with E-state index in [1.54, 1.807) is 20.8 Å². The predicted octanol–water partition coefficient (Wildman–Crippen LogP) is 12.1. The summed E-state index contributed by atoms with van der Waals surface area (Å²) in [6, 6.07) is 0. The Morgan fingerprint density at radius 1 is 0.280 bits per heavy atom. The molecule has 7 N–H and O–H groups in total. The molecule has 3 atom stereocenters. The van der Waals surface area contributed by atoms with E-state index in [0.29, 0.717) is 148 Å². The minimum atomic E-state index is -0.473. The molecule has 20 nitrogen and oxygen atoms in total. The van der Waals surface area contributed by atoms with Crippen LogP contribution < -0.4 is 32.3 Å². The molecule has 93 heavy (non-hydrogen) atoms. The molecule has 0 aliphatic rings. The number of carbonyl (C=O) groups is 14. The smallest absolute Gasteiger partial charge is 0.223 e. The minimum Gasteiger partial charge on any atom is -0.369 e. The van der Waals surface area contributed by atoms with Crippen LogP contribution in [-0.4, -0.2) is 114 Å². The molecule has 0 heterocycles. The monoisotopic (exact) mass is 1310 g/mol. The van der Waals surface area contributed by atoms with E-state index in [1.807, 2.05) is 6.92 Å². The van der Waals surface area contributed by atoms with Crippen LogP contribution in [0.2, 0.25) is 0 Å². The fraction of sp³-hybridized carbons (Fsp3) is 0.808. The molecule has 6 amide bonds. The molecule has 0 aliphatic heterocycles. The van der Waals surface area contributed by atoms with Gasteiger partial charge in [-0.1, -0.05) is 90.4 Å². The molecule has 0 saturated carbocycles. The van der Waals surface area contributed by atoms with E-state index in [4.69, 9.17) is 5.73 Å². The van der Waals surface area contributed by atoms with Crippen molar-refractivity contribution in [2.75, 3.05) is 32.7 Å². The van der Waals surface area contributed by atoms with Crippen molar-refractivity contribution in [2.45, 2.75) is 330 Å².